The van der Waals surface area contributed by atoms with Crippen LogP contribution in [0.3, 0.4) is 0 Å². The van der Waals surface area contributed by atoms with Crippen LogP contribution in [-0.4, -0.2) is 25.3 Å². The van der Waals surface area contributed by atoms with Gasteiger partial charge in [-0.3, -0.25) is 10.2 Å². The van der Waals surface area contributed by atoms with Gasteiger partial charge in [0.15, 0.2) is 14.6 Å². The molecule has 1 rings (SSSR count). The summed E-state index contributed by atoms with van der Waals surface area (Å²) < 4.78 is 20.8. The van der Waals surface area contributed by atoms with E-state index in [-0.39, 0.29) is 0 Å². The van der Waals surface area contributed by atoms with Crippen molar-refractivity contribution in [3.63, 3.8) is 0 Å². The van der Waals surface area contributed by atoms with E-state index in [1.54, 1.807) is 0 Å². The van der Waals surface area contributed by atoms with Crippen LogP contribution in [0.15, 0.2) is 0 Å². The molecule has 1 aliphatic rings. The molecule has 1 amide bonds. The van der Waals surface area contributed by atoms with Crippen LogP contribution in [0, 0.1) is 0 Å². The van der Waals surface area contributed by atoms with Crippen molar-refractivity contribution in [2.75, 3.05) is 6.26 Å². The highest BCUT2D eigenvalue weighted by atomic mass is 32.2. The SMILES string of the molecule is CS(=O)(=O)C1(C(=O)NN)CC1. The monoisotopic (exact) mass is 178 g/mol. The largest absolute Gasteiger partial charge is 0.293 e. The first kappa shape index (κ1) is 8.48. The minimum atomic E-state index is -3.29. The number of nitrogens with one attached hydrogen (secondary N) is 1. The number of nitrogens with two attached hydrogens (primary N) is 1. The Hall–Kier alpha value is -0.620. The summed E-state index contributed by atoms with van der Waals surface area (Å²) in [5, 5.41) is 0. The lowest BCUT2D eigenvalue weighted by atomic mass is 10.4. The molecule has 11 heavy (non-hydrogen) atoms. The minimum Gasteiger partial charge on any atom is -0.293 e. The van der Waals surface area contributed by atoms with Crippen molar-refractivity contribution in [2.45, 2.75) is 17.6 Å². The summed E-state index contributed by atoms with van der Waals surface area (Å²) in [4.78, 5) is 10.9. The minimum absolute atomic E-state index is 0.384. The lowest BCUT2D eigenvalue weighted by molar-refractivity contribution is -0.121. The van der Waals surface area contributed by atoms with Crippen molar-refractivity contribution < 1.29 is 13.2 Å². The molecular weight excluding hydrogens is 168 g/mol. The fourth-order valence-electron chi connectivity index (χ4n) is 1.01. The van der Waals surface area contributed by atoms with Crippen LogP contribution in [0.1, 0.15) is 12.8 Å². The second kappa shape index (κ2) is 2.18. The van der Waals surface area contributed by atoms with E-state index < -0.39 is 20.5 Å². The molecule has 0 unspecified atom stereocenters. The summed E-state index contributed by atoms with van der Waals surface area (Å²) in [6, 6.07) is 0. The number of hydrogen-bond acceptors (Lipinski definition) is 4. The molecule has 5 nitrogen and oxygen atoms in total. The zero-order valence-electron chi connectivity index (χ0n) is 6.12. The molecule has 1 saturated carbocycles. The summed E-state index contributed by atoms with van der Waals surface area (Å²) in [5.74, 6) is 4.23. The van der Waals surface area contributed by atoms with Gasteiger partial charge in [0.1, 0.15) is 0 Å². The van der Waals surface area contributed by atoms with E-state index in [9.17, 15) is 13.2 Å². The van der Waals surface area contributed by atoms with Crippen LogP contribution in [0.25, 0.3) is 0 Å². The molecule has 0 heterocycles. The standard InChI is InChI=1S/C5H10N2O3S/c1-11(9,10)5(2-3-5)4(8)7-6/h2-3,6H2,1H3,(H,7,8). The summed E-state index contributed by atoms with van der Waals surface area (Å²) in [6.07, 6.45) is 1.82. The number of hydrazine groups is 1. The van der Waals surface area contributed by atoms with E-state index in [2.05, 4.69) is 0 Å². The Kier molecular flexibility index (Phi) is 1.68. The average Bonchev–Trinajstić information content (AvgIpc) is 2.63. The highest BCUT2D eigenvalue weighted by molar-refractivity contribution is 7.93. The van der Waals surface area contributed by atoms with Gasteiger partial charge >= 0.3 is 0 Å². The first-order chi connectivity index (χ1) is 4.94. The second-order valence-electron chi connectivity index (χ2n) is 2.74. The van der Waals surface area contributed by atoms with Gasteiger partial charge in [-0.2, -0.15) is 0 Å². The molecule has 0 saturated heterocycles. The first-order valence-corrected chi connectivity index (χ1v) is 5.04. The Bertz CT molecular complexity index is 278. The summed E-state index contributed by atoms with van der Waals surface area (Å²) in [6.45, 7) is 0. The summed E-state index contributed by atoms with van der Waals surface area (Å²) >= 11 is 0. The molecule has 64 valence electrons. The maximum absolute atomic E-state index is 11.0. The third kappa shape index (κ3) is 1.12. The predicted molar refractivity (Wildman–Crippen MR) is 39.1 cm³/mol. The molecule has 1 fully saturated rings. The average molecular weight is 178 g/mol. The van der Waals surface area contributed by atoms with Gasteiger partial charge in [0, 0.05) is 6.26 Å². The molecule has 0 aliphatic heterocycles. The van der Waals surface area contributed by atoms with Gasteiger partial charge in [-0.25, -0.2) is 14.3 Å². The number of carbonyl (C=O) groups is 1. The van der Waals surface area contributed by atoms with Crippen LogP contribution in [0.5, 0.6) is 0 Å². The van der Waals surface area contributed by atoms with E-state index in [1.165, 1.54) is 0 Å². The fraction of sp³-hybridized carbons (Fsp3) is 0.800. The third-order valence-corrected chi connectivity index (χ3v) is 3.97. The van der Waals surface area contributed by atoms with Crippen molar-refractivity contribution in [3.05, 3.63) is 0 Å². The molecule has 1 aliphatic carbocycles. The number of amides is 1. The van der Waals surface area contributed by atoms with Gasteiger partial charge in [0.25, 0.3) is 5.91 Å². The van der Waals surface area contributed by atoms with Gasteiger partial charge in [0.05, 0.1) is 0 Å². The van der Waals surface area contributed by atoms with Crippen LogP contribution in [0.2, 0.25) is 0 Å². The van der Waals surface area contributed by atoms with Crippen LogP contribution in [-0.2, 0) is 14.6 Å². The zero-order valence-corrected chi connectivity index (χ0v) is 6.94. The highest BCUT2D eigenvalue weighted by Crippen LogP contribution is 2.42. The van der Waals surface area contributed by atoms with Gasteiger partial charge in [-0.05, 0) is 12.8 Å². The Morgan fingerprint density at radius 1 is 1.55 bits per heavy atom. The smallest absolute Gasteiger partial charge is 0.255 e. The molecule has 6 heteroatoms. The molecule has 3 N–H and O–H groups in total. The summed E-state index contributed by atoms with van der Waals surface area (Å²) in [7, 11) is -3.29. The maximum atomic E-state index is 11.0. The van der Waals surface area contributed by atoms with Crippen molar-refractivity contribution >= 4 is 15.7 Å². The van der Waals surface area contributed by atoms with Crippen LogP contribution < -0.4 is 11.3 Å². The first-order valence-electron chi connectivity index (χ1n) is 3.15. The van der Waals surface area contributed by atoms with Gasteiger partial charge in [0.2, 0.25) is 0 Å². The van der Waals surface area contributed by atoms with Crippen molar-refractivity contribution in [2.24, 2.45) is 5.84 Å². The van der Waals surface area contributed by atoms with Crippen LogP contribution in [0.4, 0.5) is 0 Å². The fourth-order valence-corrected chi connectivity index (χ4v) is 2.25. The third-order valence-electron chi connectivity index (χ3n) is 1.96. The van der Waals surface area contributed by atoms with Crippen molar-refractivity contribution in [3.8, 4) is 0 Å². The predicted octanol–water partition coefficient (Wildman–Crippen LogP) is -1.45. The molecule has 0 atom stereocenters. The molecule has 0 spiro atoms. The highest BCUT2D eigenvalue weighted by Gasteiger charge is 2.58. The van der Waals surface area contributed by atoms with E-state index in [1.807, 2.05) is 5.43 Å². The lowest BCUT2D eigenvalue weighted by Crippen LogP contribution is -2.44. The molecular formula is C5H10N2O3S. The molecule has 0 aromatic rings. The van der Waals surface area contributed by atoms with Gasteiger partial charge < -0.3 is 0 Å². The van der Waals surface area contributed by atoms with E-state index in [0.29, 0.717) is 12.8 Å². The topological polar surface area (TPSA) is 89.3 Å². The Morgan fingerprint density at radius 3 is 2.09 bits per heavy atom. The molecule has 0 bridgehead atoms. The van der Waals surface area contributed by atoms with E-state index >= 15 is 0 Å². The lowest BCUT2D eigenvalue weighted by Gasteiger charge is -2.09. The molecule has 0 radical (unpaired) electrons. The molecule has 0 aromatic carbocycles. The van der Waals surface area contributed by atoms with Crippen molar-refractivity contribution in [1.82, 2.24) is 5.43 Å². The Morgan fingerprint density at radius 2 is 2.00 bits per heavy atom. The van der Waals surface area contributed by atoms with Crippen molar-refractivity contribution in [1.29, 1.82) is 0 Å². The normalized spacial score (nSPS) is 20.9. The molecule has 0 aromatic heterocycles. The summed E-state index contributed by atoms with van der Waals surface area (Å²) in [5.41, 5.74) is 1.86. The van der Waals surface area contributed by atoms with Gasteiger partial charge in [-0.15, -0.1) is 0 Å². The van der Waals surface area contributed by atoms with E-state index in [4.69, 9.17) is 5.84 Å². The number of carbonyl (C=O) groups excluding carboxylic acids is 1. The second-order valence-corrected chi connectivity index (χ2v) is 5.07. The number of sulfone groups is 1. The maximum Gasteiger partial charge on any atom is 0.255 e. The van der Waals surface area contributed by atoms with E-state index in [0.717, 1.165) is 6.26 Å². The van der Waals surface area contributed by atoms with Crippen LogP contribution >= 0.6 is 0 Å². The zero-order chi connectivity index (χ0) is 8.70. The quantitative estimate of drug-likeness (QED) is 0.307. The van der Waals surface area contributed by atoms with Gasteiger partial charge in [-0.1, -0.05) is 0 Å². The Balaban J connectivity index is 2.94. The number of rotatable bonds is 2. The number of hydrogen-bond donors (Lipinski definition) is 2. The Labute approximate surface area is 64.8 Å².